The third-order valence-corrected chi connectivity index (χ3v) is 12.6. The summed E-state index contributed by atoms with van der Waals surface area (Å²) in [7, 11) is 0. The molecule has 1 spiro atoms. The van der Waals surface area contributed by atoms with E-state index in [9.17, 15) is 0 Å². The van der Waals surface area contributed by atoms with E-state index in [2.05, 4.69) is 218 Å². The predicted molar refractivity (Wildman–Crippen MR) is 240 cm³/mol. The second-order valence-electron chi connectivity index (χ2n) is 15.6. The number of para-hydroxylation sites is 2. The van der Waals surface area contributed by atoms with Gasteiger partial charge < -0.3 is 9.32 Å². The fourth-order valence-corrected chi connectivity index (χ4v) is 10.2. The Kier molecular flexibility index (Phi) is 7.09. The van der Waals surface area contributed by atoms with Crippen molar-refractivity contribution in [3.8, 4) is 44.5 Å². The summed E-state index contributed by atoms with van der Waals surface area (Å²) >= 11 is 0. The lowest BCUT2D eigenvalue weighted by atomic mass is 9.69. The van der Waals surface area contributed by atoms with Crippen LogP contribution in [0, 0.1) is 6.92 Å². The minimum atomic E-state index is -0.476. The summed E-state index contributed by atoms with van der Waals surface area (Å²) in [6.07, 6.45) is 0. The van der Waals surface area contributed by atoms with Crippen LogP contribution in [0.2, 0.25) is 0 Å². The SMILES string of the molecule is Cc1cc(-c2ccccc2)ccc1N(c1ccccc1)c1ccc(-c2cc3c(c4c2oc2ccccc24)C2(c4ccccc4-c4ccccc42)c2ccccc2-3)cc1. The first-order valence-electron chi connectivity index (χ1n) is 20.1. The van der Waals surface area contributed by atoms with Crippen molar-refractivity contribution in [3.05, 3.63) is 234 Å². The molecule has 0 bridgehead atoms. The van der Waals surface area contributed by atoms with E-state index >= 15 is 0 Å². The lowest BCUT2D eigenvalue weighted by Gasteiger charge is -2.31. The fourth-order valence-electron chi connectivity index (χ4n) is 10.2. The molecule has 9 aromatic carbocycles. The highest BCUT2D eigenvalue weighted by Crippen LogP contribution is 2.65. The van der Waals surface area contributed by atoms with Crippen LogP contribution in [0.4, 0.5) is 17.1 Å². The van der Waals surface area contributed by atoms with Gasteiger partial charge in [0, 0.05) is 33.4 Å². The quantitative estimate of drug-likeness (QED) is 0.175. The maximum absolute atomic E-state index is 7.01. The normalized spacial score (nSPS) is 13.1. The van der Waals surface area contributed by atoms with Crippen LogP contribution in [0.5, 0.6) is 0 Å². The second-order valence-corrected chi connectivity index (χ2v) is 15.6. The topological polar surface area (TPSA) is 16.4 Å². The highest BCUT2D eigenvalue weighted by molar-refractivity contribution is 6.17. The van der Waals surface area contributed by atoms with Gasteiger partial charge in [0.15, 0.2) is 0 Å². The Balaban J connectivity index is 1.07. The molecule has 0 atom stereocenters. The third-order valence-electron chi connectivity index (χ3n) is 12.6. The molecule has 1 heterocycles. The molecule has 0 saturated carbocycles. The van der Waals surface area contributed by atoms with Crippen molar-refractivity contribution in [1.29, 1.82) is 0 Å². The summed E-state index contributed by atoms with van der Waals surface area (Å²) in [6.45, 7) is 2.21. The molecule has 12 rings (SSSR count). The van der Waals surface area contributed by atoms with Crippen molar-refractivity contribution in [1.82, 2.24) is 0 Å². The summed E-state index contributed by atoms with van der Waals surface area (Å²) in [5.41, 5.74) is 21.0. The zero-order valence-electron chi connectivity index (χ0n) is 32.0. The maximum atomic E-state index is 7.01. The van der Waals surface area contributed by atoms with E-state index < -0.39 is 5.41 Å². The van der Waals surface area contributed by atoms with Gasteiger partial charge >= 0.3 is 0 Å². The molecule has 0 radical (unpaired) electrons. The molecule has 2 heteroatoms. The van der Waals surface area contributed by atoms with Crippen molar-refractivity contribution in [2.45, 2.75) is 12.3 Å². The summed E-state index contributed by atoms with van der Waals surface area (Å²) in [4.78, 5) is 2.36. The number of hydrogen-bond acceptors (Lipinski definition) is 2. The zero-order valence-corrected chi connectivity index (χ0v) is 32.0. The Bertz CT molecular complexity index is 3180. The minimum absolute atomic E-state index is 0.476. The van der Waals surface area contributed by atoms with E-state index in [1.165, 1.54) is 66.6 Å². The first-order chi connectivity index (χ1) is 28.7. The average molecular weight is 740 g/mol. The van der Waals surface area contributed by atoms with Gasteiger partial charge in [-0.15, -0.1) is 0 Å². The van der Waals surface area contributed by atoms with Crippen LogP contribution in [0.1, 0.15) is 27.8 Å². The van der Waals surface area contributed by atoms with E-state index in [-0.39, 0.29) is 0 Å². The van der Waals surface area contributed by atoms with Crippen LogP contribution in [-0.2, 0) is 5.41 Å². The molecular weight excluding hydrogens is 703 g/mol. The van der Waals surface area contributed by atoms with E-state index in [0.717, 1.165) is 44.7 Å². The number of hydrogen-bond donors (Lipinski definition) is 0. The summed E-state index contributed by atoms with van der Waals surface area (Å²) < 4.78 is 7.01. The number of rotatable bonds is 5. The van der Waals surface area contributed by atoms with E-state index in [1.807, 2.05) is 0 Å². The molecule has 0 unspecified atom stereocenters. The highest BCUT2D eigenvalue weighted by atomic mass is 16.3. The molecule has 2 aliphatic carbocycles. The molecule has 0 saturated heterocycles. The molecular formula is C56H37NO. The largest absolute Gasteiger partial charge is 0.455 e. The van der Waals surface area contributed by atoms with Gasteiger partial charge in [-0.2, -0.15) is 0 Å². The van der Waals surface area contributed by atoms with Crippen molar-refractivity contribution < 1.29 is 4.42 Å². The fraction of sp³-hybridized carbons (Fsp3) is 0.0357. The zero-order chi connectivity index (χ0) is 38.4. The number of anilines is 3. The lowest BCUT2D eigenvalue weighted by Crippen LogP contribution is -2.26. The molecule has 0 aliphatic heterocycles. The molecule has 272 valence electrons. The first-order valence-corrected chi connectivity index (χ1v) is 20.1. The molecule has 2 nitrogen and oxygen atoms in total. The third kappa shape index (κ3) is 4.54. The van der Waals surface area contributed by atoms with Crippen LogP contribution in [0.25, 0.3) is 66.4 Å². The molecule has 10 aromatic rings. The second kappa shape index (κ2) is 12.5. The van der Waals surface area contributed by atoms with Crippen LogP contribution in [0.3, 0.4) is 0 Å². The average Bonchev–Trinajstić information content (AvgIpc) is 3.92. The van der Waals surface area contributed by atoms with Gasteiger partial charge in [-0.05, 0) is 122 Å². The smallest absolute Gasteiger partial charge is 0.143 e. The maximum Gasteiger partial charge on any atom is 0.143 e. The lowest BCUT2D eigenvalue weighted by molar-refractivity contribution is 0.669. The van der Waals surface area contributed by atoms with Crippen molar-refractivity contribution in [3.63, 3.8) is 0 Å². The van der Waals surface area contributed by atoms with Crippen molar-refractivity contribution in [2.24, 2.45) is 0 Å². The van der Waals surface area contributed by atoms with Crippen LogP contribution < -0.4 is 4.90 Å². The van der Waals surface area contributed by atoms with E-state index in [4.69, 9.17) is 4.42 Å². The Hall–Kier alpha value is -7.42. The highest BCUT2D eigenvalue weighted by Gasteiger charge is 2.53. The minimum Gasteiger partial charge on any atom is -0.455 e. The van der Waals surface area contributed by atoms with Gasteiger partial charge in [0.1, 0.15) is 11.2 Å². The summed E-state index contributed by atoms with van der Waals surface area (Å²) in [6, 6.07) is 75.2. The van der Waals surface area contributed by atoms with E-state index in [0.29, 0.717) is 0 Å². The Morgan fingerprint density at radius 2 is 0.948 bits per heavy atom. The number of fused-ring (bicyclic) bond motifs is 14. The molecule has 2 aliphatic rings. The Morgan fingerprint density at radius 1 is 0.414 bits per heavy atom. The van der Waals surface area contributed by atoms with Gasteiger partial charge in [0.05, 0.1) is 5.41 Å². The number of benzene rings is 9. The van der Waals surface area contributed by atoms with Crippen LogP contribution in [-0.4, -0.2) is 0 Å². The predicted octanol–water partition coefficient (Wildman–Crippen LogP) is 15.0. The van der Waals surface area contributed by atoms with Crippen molar-refractivity contribution >= 4 is 39.0 Å². The summed E-state index contributed by atoms with van der Waals surface area (Å²) in [5, 5.41) is 2.33. The number of nitrogens with zero attached hydrogens (tertiary/aromatic N) is 1. The van der Waals surface area contributed by atoms with Gasteiger partial charge in [-0.3, -0.25) is 0 Å². The Morgan fingerprint density at radius 3 is 1.60 bits per heavy atom. The van der Waals surface area contributed by atoms with Gasteiger partial charge in [-0.1, -0.05) is 158 Å². The number of aryl methyl sites for hydroxylation is 1. The van der Waals surface area contributed by atoms with Gasteiger partial charge in [-0.25, -0.2) is 0 Å². The van der Waals surface area contributed by atoms with Crippen molar-refractivity contribution in [2.75, 3.05) is 4.90 Å². The van der Waals surface area contributed by atoms with Crippen LogP contribution >= 0.6 is 0 Å². The summed E-state index contributed by atoms with van der Waals surface area (Å²) in [5.74, 6) is 0. The monoisotopic (exact) mass is 739 g/mol. The van der Waals surface area contributed by atoms with Gasteiger partial charge in [0.2, 0.25) is 0 Å². The molecule has 58 heavy (non-hydrogen) atoms. The first kappa shape index (κ1) is 32.8. The Labute approximate surface area is 337 Å². The molecule has 0 fully saturated rings. The van der Waals surface area contributed by atoms with Gasteiger partial charge in [0.25, 0.3) is 0 Å². The molecule has 0 N–H and O–H groups in total. The molecule has 0 amide bonds. The molecule has 1 aromatic heterocycles. The van der Waals surface area contributed by atoms with E-state index in [1.54, 1.807) is 0 Å². The standard InChI is InChI=1S/C56H37NO/c1-36-34-39(37-16-4-2-5-17-37)30-33-51(36)57(40-18-6-3-7-19-40)41-31-28-38(29-32-41)46-35-47-44-22-10-14-26-50(44)56(54(47)53-45-23-11-15-27-52(45)58-55(46)53)48-24-12-8-20-42(48)43-21-9-13-25-49(43)56/h2-35H,1H3. The van der Waals surface area contributed by atoms with Crippen LogP contribution in [0.15, 0.2) is 211 Å². The number of furan rings is 1.